The summed E-state index contributed by atoms with van der Waals surface area (Å²) in [6, 6.07) is 6.30. The van der Waals surface area contributed by atoms with E-state index in [1.165, 1.54) is 0 Å². The fraction of sp³-hybridized carbons (Fsp3) is 0.571. The van der Waals surface area contributed by atoms with Crippen molar-refractivity contribution >= 4 is 5.91 Å². The smallest absolute Gasteiger partial charge is 0.223 e. The highest BCUT2D eigenvalue weighted by molar-refractivity contribution is 5.77. The maximum Gasteiger partial charge on any atom is 0.223 e. The van der Waals surface area contributed by atoms with E-state index in [4.69, 9.17) is 0 Å². The third-order valence-electron chi connectivity index (χ3n) is 4.08. The first-order valence-corrected chi connectivity index (χ1v) is 6.74. The van der Waals surface area contributed by atoms with E-state index in [-0.39, 0.29) is 0 Å². The molecular weight excluding hydrogens is 226 g/mol. The summed E-state index contributed by atoms with van der Waals surface area (Å²) in [5.74, 6) is 0.920. The van der Waals surface area contributed by atoms with Crippen LogP contribution in [0.25, 0.3) is 0 Å². The van der Waals surface area contributed by atoms with E-state index in [0.29, 0.717) is 30.8 Å². The Bertz CT molecular complexity index is 420. The van der Waals surface area contributed by atoms with Gasteiger partial charge in [0.05, 0.1) is 12.2 Å². The lowest BCUT2D eigenvalue weighted by Crippen LogP contribution is -2.54. The Morgan fingerprint density at radius 1 is 1.39 bits per heavy atom. The maximum absolute atomic E-state index is 12.1. The molecule has 2 aliphatic rings. The second-order valence-corrected chi connectivity index (χ2v) is 5.20. The molecule has 1 aromatic rings. The molecule has 3 heterocycles. The molecule has 0 spiro atoms. The van der Waals surface area contributed by atoms with Crippen molar-refractivity contribution in [2.45, 2.75) is 31.8 Å². The minimum absolute atomic E-state index is 0.295. The average molecular weight is 245 g/mol. The molecule has 1 amide bonds. The van der Waals surface area contributed by atoms with Crippen molar-refractivity contribution in [2.24, 2.45) is 5.92 Å². The zero-order valence-electron chi connectivity index (χ0n) is 10.5. The van der Waals surface area contributed by atoms with E-state index >= 15 is 0 Å². The summed E-state index contributed by atoms with van der Waals surface area (Å²) >= 11 is 0. The Balaban J connectivity index is 1.77. The van der Waals surface area contributed by atoms with E-state index in [1.54, 1.807) is 6.20 Å². The van der Waals surface area contributed by atoms with Crippen LogP contribution in [0.4, 0.5) is 0 Å². The van der Waals surface area contributed by atoms with Crippen LogP contribution in [0.2, 0.25) is 0 Å². The van der Waals surface area contributed by atoms with Crippen molar-refractivity contribution in [1.82, 2.24) is 15.2 Å². The predicted octanol–water partition coefficient (Wildman–Crippen LogP) is 1.18. The zero-order chi connectivity index (χ0) is 12.4. The molecule has 0 saturated carbocycles. The number of fused-ring (bicyclic) bond motifs is 1. The van der Waals surface area contributed by atoms with Gasteiger partial charge in [-0.1, -0.05) is 6.07 Å². The van der Waals surface area contributed by atoms with Gasteiger partial charge in [-0.05, 0) is 44.0 Å². The Hall–Kier alpha value is -1.42. The number of hydrogen-bond donors (Lipinski definition) is 1. The molecule has 0 aromatic carbocycles. The molecule has 0 radical (unpaired) electrons. The number of aromatic nitrogens is 1. The molecule has 2 aliphatic heterocycles. The molecule has 96 valence electrons. The molecule has 2 saturated heterocycles. The van der Waals surface area contributed by atoms with Crippen molar-refractivity contribution in [3.63, 3.8) is 0 Å². The highest BCUT2D eigenvalue weighted by Crippen LogP contribution is 2.29. The Morgan fingerprint density at radius 2 is 2.33 bits per heavy atom. The SMILES string of the molecule is O=C1CCC2CNCCC2N1Cc1ccccn1. The van der Waals surface area contributed by atoms with Crippen molar-refractivity contribution in [1.29, 1.82) is 0 Å². The third kappa shape index (κ3) is 2.25. The monoisotopic (exact) mass is 245 g/mol. The summed E-state index contributed by atoms with van der Waals surface area (Å²) in [5, 5.41) is 3.43. The van der Waals surface area contributed by atoms with Gasteiger partial charge in [-0.15, -0.1) is 0 Å². The van der Waals surface area contributed by atoms with Gasteiger partial charge >= 0.3 is 0 Å². The second-order valence-electron chi connectivity index (χ2n) is 5.20. The highest BCUT2D eigenvalue weighted by atomic mass is 16.2. The molecule has 3 rings (SSSR count). The Morgan fingerprint density at radius 3 is 3.17 bits per heavy atom. The standard InChI is InChI=1S/C14H19N3O/c18-14-5-4-11-9-15-8-6-13(11)17(14)10-12-3-1-2-7-16-12/h1-3,7,11,13,15H,4-6,8-10H2. The van der Waals surface area contributed by atoms with E-state index in [0.717, 1.165) is 31.6 Å². The molecule has 4 heteroatoms. The molecule has 4 nitrogen and oxygen atoms in total. The summed E-state index contributed by atoms with van der Waals surface area (Å²) < 4.78 is 0. The maximum atomic E-state index is 12.1. The fourth-order valence-electron chi connectivity index (χ4n) is 3.12. The summed E-state index contributed by atoms with van der Waals surface area (Å²) in [6.45, 7) is 2.74. The lowest BCUT2D eigenvalue weighted by atomic mass is 9.84. The van der Waals surface area contributed by atoms with Gasteiger partial charge in [0.1, 0.15) is 0 Å². The van der Waals surface area contributed by atoms with Gasteiger partial charge in [0, 0.05) is 18.7 Å². The average Bonchev–Trinajstić information content (AvgIpc) is 2.43. The minimum atomic E-state index is 0.295. The molecule has 2 unspecified atom stereocenters. The molecular formula is C14H19N3O. The fourth-order valence-corrected chi connectivity index (χ4v) is 3.12. The first-order chi connectivity index (χ1) is 8.84. The molecule has 0 bridgehead atoms. The second kappa shape index (κ2) is 5.06. The molecule has 1 N–H and O–H groups in total. The van der Waals surface area contributed by atoms with Crippen LogP contribution >= 0.6 is 0 Å². The van der Waals surface area contributed by atoms with Gasteiger partial charge in [-0.3, -0.25) is 9.78 Å². The molecule has 1 aromatic heterocycles. The van der Waals surface area contributed by atoms with Crippen LogP contribution in [0.1, 0.15) is 25.0 Å². The summed E-state index contributed by atoms with van der Waals surface area (Å²) in [7, 11) is 0. The largest absolute Gasteiger partial charge is 0.333 e. The quantitative estimate of drug-likeness (QED) is 0.851. The topological polar surface area (TPSA) is 45.2 Å². The van der Waals surface area contributed by atoms with Gasteiger partial charge in [0.25, 0.3) is 0 Å². The van der Waals surface area contributed by atoms with Crippen molar-refractivity contribution < 1.29 is 4.79 Å². The molecule has 2 fully saturated rings. The van der Waals surface area contributed by atoms with Crippen LogP contribution in [0.15, 0.2) is 24.4 Å². The van der Waals surface area contributed by atoms with E-state index in [9.17, 15) is 4.79 Å². The van der Waals surface area contributed by atoms with Crippen molar-refractivity contribution in [2.75, 3.05) is 13.1 Å². The summed E-state index contributed by atoms with van der Waals surface area (Å²) in [5.41, 5.74) is 0.991. The molecule has 18 heavy (non-hydrogen) atoms. The lowest BCUT2D eigenvalue weighted by molar-refractivity contribution is -0.140. The summed E-state index contributed by atoms with van der Waals surface area (Å²) in [4.78, 5) is 18.5. The first-order valence-electron chi connectivity index (χ1n) is 6.74. The molecule has 0 aliphatic carbocycles. The van der Waals surface area contributed by atoms with E-state index in [1.807, 2.05) is 18.2 Å². The number of amides is 1. The number of piperidine rings is 2. The van der Waals surface area contributed by atoms with Gasteiger partial charge < -0.3 is 10.2 Å². The van der Waals surface area contributed by atoms with E-state index < -0.39 is 0 Å². The van der Waals surface area contributed by atoms with Crippen molar-refractivity contribution in [3.05, 3.63) is 30.1 Å². The zero-order valence-corrected chi connectivity index (χ0v) is 10.5. The lowest BCUT2D eigenvalue weighted by Gasteiger charge is -2.44. The highest BCUT2D eigenvalue weighted by Gasteiger charge is 2.36. The van der Waals surface area contributed by atoms with Gasteiger partial charge in [-0.25, -0.2) is 0 Å². The first kappa shape index (κ1) is 11.7. The van der Waals surface area contributed by atoms with Crippen LogP contribution in [-0.4, -0.2) is 34.9 Å². The Labute approximate surface area is 107 Å². The van der Waals surface area contributed by atoms with Crippen molar-refractivity contribution in [3.8, 4) is 0 Å². The third-order valence-corrected chi connectivity index (χ3v) is 4.08. The van der Waals surface area contributed by atoms with Gasteiger partial charge in [-0.2, -0.15) is 0 Å². The summed E-state index contributed by atoms with van der Waals surface area (Å²) in [6.07, 6.45) is 4.60. The minimum Gasteiger partial charge on any atom is -0.333 e. The van der Waals surface area contributed by atoms with Crippen LogP contribution in [0, 0.1) is 5.92 Å². The van der Waals surface area contributed by atoms with Crippen LogP contribution < -0.4 is 5.32 Å². The van der Waals surface area contributed by atoms with E-state index in [2.05, 4.69) is 15.2 Å². The number of hydrogen-bond acceptors (Lipinski definition) is 3. The number of carbonyl (C=O) groups is 1. The predicted molar refractivity (Wildman–Crippen MR) is 68.8 cm³/mol. The van der Waals surface area contributed by atoms with Gasteiger partial charge in [0.15, 0.2) is 0 Å². The van der Waals surface area contributed by atoms with Crippen LogP contribution in [0.3, 0.4) is 0 Å². The normalized spacial score (nSPS) is 28.0. The van der Waals surface area contributed by atoms with Crippen LogP contribution in [0.5, 0.6) is 0 Å². The number of carbonyl (C=O) groups excluding carboxylic acids is 1. The van der Waals surface area contributed by atoms with Gasteiger partial charge in [0.2, 0.25) is 5.91 Å². The number of rotatable bonds is 2. The number of likely N-dealkylation sites (tertiary alicyclic amines) is 1. The number of nitrogens with one attached hydrogen (secondary N) is 1. The van der Waals surface area contributed by atoms with Crippen LogP contribution in [-0.2, 0) is 11.3 Å². The number of pyridine rings is 1. The Kier molecular flexibility index (Phi) is 3.28. The number of nitrogens with zero attached hydrogens (tertiary/aromatic N) is 2. The molecule has 2 atom stereocenters.